The first-order valence-electron chi connectivity index (χ1n) is 5.66. The van der Waals surface area contributed by atoms with Crippen LogP contribution in [0.4, 0.5) is 4.39 Å². The van der Waals surface area contributed by atoms with Crippen molar-refractivity contribution in [3.8, 4) is 0 Å². The Morgan fingerprint density at radius 3 is 2.50 bits per heavy atom. The second-order valence-electron chi connectivity index (χ2n) is 4.86. The average Bonchev–Trinajstić information content (AvgIpc) is 2.28. The van der Waals surface area contributed by atoms with Crippen molar-refractivity contribution >= 4 is 17.7 Å². The Morgan fingerprint density at radius 1 is 1.33 bits per heavy atom. The molecule has 1 amide bonds. The zero-order valence-corrected chi connectivity index (χ0v) is 11.6. The number of carbonyl (C=O) groups is 1. The summed E-state index contributed by atoms with van der Waals surface area (Å²) in [5.74, 6) is 0.563. The second-order valence-corrected chi connectivity index (χ2v) is 5.84. The molecule has 1 aromatic carbocycles. The third-order valence-corrected chi connectivity index (χ3v) is 2.89. The second kappa shape index (κ2) is 6.75. The SMILES string of the molecule is CC(C)(C)ONC(=O)CSCc1ccc(F)cc1. The fraction of sp³-hybridized carbons (Fsp3) is 0.462. The van der Waals surface area contributed by atoms with Gasteiger partial charge in [0.25, 0.3) is 5.91 Å². The first-order valence-corrected chi connectivity index (χ1v) is 6.81. The molecule has 0 atom stereocenters. The Balaban J connectivity index is 2.21. The lowest BCUT2D eigenvalue weighted by atomic mass is 10.2. The van der Waals surface area contributed by atoms with Crippen LogP contribution < -0.4 is 5.48 Å². The summed E-state index contributed by atoms with van der Waals surface area (Å²) < 4.78 is 12.7. The van der Waals surface area contributed by atoms with E-state index in [-0.39, 0.29) is 11.7 Å². The molecule has 0 fully saturated rings. The van der Waals surface area contributed by atoms with E-state index in [1.54, 1.807) is 12.1 Å². The molecule has 0 aliphatic carbocycles. The highest BCUT2D eigenvalue weighted by atomic mass is 32.2. The summed E-state index contributed by atoms with van der Waals surface area (Å²) in [6.45, 7) is 5.58. The molecule has 18 heavy (non-hydrogen) atoms. The van der Waals surface area contributed by atoms with E-state index < -0.39 is 5.60 Å². The van der Waals surface area contributed by atoms with E-state index in [1.165, 1.54) is 23.9 Å². The normalized spacial score (nSPS) is 11.3. The Bertz CT molecular complexity index is 387. The van der Waals surface area contributed by atoms with Gasteiger partial charge in [0.05, 0.1) is 11.4 Å². The van der Waals surface area contributed by atoms with Crippen LogP contribution in [0.3, 0.4) is 0 Å². The van der Waals surface area contributed by atoms with Gasteiger partial charge in [-0.15, -0.1) is 11.8 Å². The summed E-state index contributed by atoms with van der Waals surface area (Å²) >= 11 is 1.46. The molecule has 0 radical (unpaired) electrons. The van der Waals surface area contributed by atoms with Gasteiger partial charge in [0.15, 0.2) is 0 Å². The molecule has 0 aliphatic rings. The zero-order chi connectivity index (χ0) is 13.6. The molecule has 1 aromatic rings. The van der Waals surface area contributed by atoms with Crippen molar-refractivity contribution in [1.82, 2.24) is 5.48 Å². The first kappa shape index (κ1) is 15.0. The smallest absolute Gasteiger partial charge is 0.253 e. The lowest BCUT2D eigenvalue weighted by molar-refractivity contribution is -0.142. The van der Waals surface area contributed by atoms with E-state index in [9.17, 15) is 9.18 Å². The van der Waals surface area contributed by atoms with Gasteiger partial charge in [0.1, 0.15) is 5.82 Å². The van der Waals surface area contributed by atoms with Crippen LogP contribution in [-0.4, -0.2) is 17.3 Å². The van der Waals surface area contributed by atoms with Crippen molar-refractivity contribution in [3.63, 3.8) is 0 Å². The number of hydroxylamine groups is 1. The molecule has 3 nitrogen and oxygen atoms in total. The number of rotatable bonds is 5. The quantitative estimate of drug-likeness (QED) is 0.837. The number of nitrogens with one attached hydrogen (secondary N) is 1. The molecular formula is C13H18FNO2S. The summed E-state index contributed by atoms with van der Waals surface area (Å²) in [5.41, 5.74) is 3.00. The van der Waals surface area contributed by atoms with Crippen molar-refractivity contribution in [3.05, 3.63) is 35.6 Å². The van der Waals surface area contributed by atoms with E-state index in [1.807, 2.05) is 20.8 Å². The number of carbonyl (C=O) groups excluding carboxylic acids is 1. The molecule has 0 spiro atoms. The van der Waals surface area contributed by atoms with Crippen LogP contribution in [0.2, 0.25) is 0 Å². The van der Waals surface area contributed by atoms with Crippen LogP contribution in [0.1, 0.15) is 26.3 Å². The third-order valence-electron chi connectivity index (χ3n) is 1.89. The van der Waals surface area contributed by atoms with Crippen molar-refractivity contribution in [2.45, 2.75) is 32.1 Å². The molecule has 0 bridgehead atoms. The first-order chi connectivity index (χ1) is 8.37. The zero-order valence-electron chi connectivity index (χ0n) is 10.8. The lowest BCUT2D eigenvalue weighted by Crippen LogP contribution is -2.34. The van der Waals surface area contributed by atoms with Gasteiger partial charge in [0.2, 0.25) is 0 Å². The van der Waals surface area contributed by atoms with Crippen molar-refractivity contribution in [1.29, 1.82) is 0 Å². The van der Waals surface area contributed by atoms with Gasteiger partial charge < -0.3 is 0 Å². The topological polar surface area (TPSA) is 38.3 Å². The Kier molecular flexibility index (Phi) is 5.62. The maximum absolute atomic E-state index is 12.7. The van der Waals surface area contributed by atoms with Gasteiger partial charge in [-0.25, -0.2) is 9.87 Å². The minimum atomic E-state index is -0.392. The lowest BCUT2D eigenvalue weighted by Gasteiger charge is -2.18. The maximum Gasteiger partial charge on any atom is 0.253 e. The number of halogens is 1. The van der Waals surface area contributed by atoms with E-state index in [4.69, 9.17) is 4.84 Å². The monoisotopic (exact) mass is 271 g/mol. The minimum Gasteiger partial charge on any atom is -0.272 e. The van der Waals surface area contributed by atoms with Gasteiger partial charge in [-0.05, 0) is 38.5 Å². The van der Waals surface area contributed by atoms with Crippen LogP contribution in [0.15, 0.2) is 24.3 Å². The molecule has 0 unspecified atom stereocenters. The highest BCUT2D eigenvalue weighted by Gasteiger charge is 2.12. The minimum absolute atomic E-state index is 0.169. The van der Waals surface area contributed by atoms with Gasteiger partial charge in [0, 0.05) is 5.75 Å². The van der Waals surface area contributed by atoms with Gasteiger partial charge >= 0.3 is 0 Å². The fourth-order valence-corrected chi connectivity index (χ4v) is 1.86. The number of benzene rings is 1. The number of thioether (sulfide) groups is 1. The fourth-order valence-electron chi connectivity index (χ4n) is 1.08. The highest BCUT2D eigenvalue weighted by Crippen LogP contribution is 2.12. The molecule has 5 heteroatoms. The van der Waals surface area contributed by atoms with Crippen LogP contribution in [0.25, 0.3) is 0 Å². The Morgan fingerprint density at radius 2 is 1.94 bits per heavy atom. The average molecular weight is 271 g/mol. The van der Waals surface area contributed by atoms with Crippen molar-refractivity contribution in [2.24, 2.45) is 0 Å². The van der Waals surface area contributed by atoms with Crippen LogP contribution in [0, 0.1) is 5.82 Å². The summed E-state index contributed by atoms with van der Waals surface area (Å²) in [6.07, 6.45) is 0. The van der Waals surface area contributed by atoms with Crippen molar-refractivity contribution < 1.29 is 14.0 Å². The van der Waals surface area contributed by atoms with E-state index >= 15 is 0 Å². The van der Waals surface area contributed by atoms with Crippen LogP contribution >= 0.6 is 11.8 Å². The Hall–Kier alpha value is -1.07. The number of amides is 1. The molecule has 1 rings (SSSR count). The molecule has 0 saturated carbocycles. The molecule has 0 saturated heterocycles. The van der Waals surface area contributed by atoms with E-state index in [0.717, 1.165) is 5.56 Å². The van der Waals surface area contributed by atoms with Gasteiger partial charge in [-0.2, -0.15) is 0 Å². The van der Waals surface area contributed by atoms with Gasteiger partial charge in [-0.1, -0.05) is 12.1 Å². The Labute approximate surface area is 111 Å². The van der Waals surface area contributed by atoms with Gasteiger partial charge in [-0.3, -0.25) is 9.63 Å². The predicted molar refractivity (Wildman–Crippen MR) is 71.5 cm³/mol. The summed E-state index contributed by atoms with van der Waals surface area (Å²) in [6, 6.07) is 6.26. The summed E-state index contributed by atoms with van der Waals surface area (Å²) in [7, 11) is 0. The standard InChI is InChI=1S/C13H18FNO2S/c1-13(2,3)17-15-12(16)9-18-8-10-4-6-11(14)7-5-10/h4-7H,8-9H2,1-3H3,(H,15,16). The summed E-state index contributed by atoms with van der Waals surface area (Å²) in [5, 5.41) is 0. The maximum atomic E-state index is 12.7. The predicted octanol–water partition coefficient (Wildman–Crippen LogP) is 2.91. The van der Waals surface area contributed by atoms with E-state index in [2.05, 4.69) is 5.48 Å². The number of hydrogen-bond donors (Lipinski definition) is 1. The van der Waals surface area contributed by atoms with E-state index in [0.29, 0.717) is 11.5 Å². The molecule has 0 heterocycles. The highest BCUT2D eigenvalue weighted by molar-refractivity contribution is 7.99. The molecule has 1 N–H and O–H groups in total. The largest absolute Gasteiger partial charge is 0.272 e. The third kappa shape index (κ3) is 6.61. The summed E-state index contributed by atoms with van der Waals surface area (Å²) in [4.78, 5) is 16.6. The molecule has 0 aliphatic heterocycles. The molecular weight excluding hydrogens is 253 g/mol. The van der Waals surface area contributed by atoms with Crippen LogP contribution in [0.5, 0.6) is 0 Å². The van der Waals surface area contributed by atoms with Crippen molar-refractivity contribution in [2.75, 3.05) is 5.75 Å². The number of hydrogen-bond acceptors (Lipinski definition) is 3. The molecule has 100 valence electrons. The van der Waals surface area contributed by atoms with Crippen LogP contribution in [-0.2, 0) is 15.4 Å². The molecule has 0 aromatic heterocycles.